The van der Waals surface area contributed by atoms with E-state index in [0.717, 1.165) is 18.5 Å². The van der Waals surface area contributed by atoms with Crippen LogP contribution in [0, 0.1) is 0 Å². The van der Waals surface area contributed by atoms with Gasteiger partial charge in [0.1, 0.15) is 0 Å². The Morgan fingerprint density at radius 2 is 2.20 bits per heavy atom. The summed E-state index contributed by atoms with van der Waals surface area (Å²) in [6.07, 6.45) is 0.901. The summed E-state index contributed by atoms with van der Waals surface area (Å²) in [6, 6.07) is 8.17. The van der Waals surface area contributed by atoms with Gasteiger partial charge in [0.05, 0.1) is 6.61 Å². The lowest BCUT2D eigenvalue weighted by atomic mass is 9.79. The molecule has 0 spiro atoms. The van der Waals surface area contributed by atoms with Crippen molar-refractivity contribution >= 4 is 12.6 Å². The van der Waals surface area contributed by atoms with Crippen LogP contribution in [0.3, 0.4) is 0 Å². The standard InChI is InChI=1S/C11H15BO3/c1-13-7-4-8-14-12-11-6-3-2-5-10(11)9-15-12/h2-3,5-6H,4,7-9H2,1H3. The average Bonchev–Trinajstić information content (AvgIpc) is 2.68. The fourth-order valence-corrected chi connectivity index (χ4v) is 1.68. The molecule has 0 amide bonds. The SMILES string of the molecule is COCCCOB1OCc2ccccc21. The van der Waals surface area contributed by atoms with Crippen LogP contribution in [0.5, 0.6) is 0 Å². The van der Waals surface area contributed by atoms with Crippen LogP contribution < -0.4 is 5.46 Å². The predicted octanol–water partition coefficient (Wildman–Crippen LogP) is 0.965. The molecule has 3 nitrogen and oxygen atoms in total. The van der Waals surface area contributed by atoms with Crippen molar-refractivity contribution in [2.75, 3.05) is 20.3 Å². The van der Waals surface area contributed by atoms with E-state index in [0.29, 0.717) is 13.2 Å². The molecule has 0 unspecified atom stereocenters. The Kier molecular flexibility index (Phi) is 3.77. The predicted molar refractivity (Wildman–Crippen MR) is 59.1 cm³/mol. The number of fused-ring (bicyclic) bond motifs is 1. The molecule has 1 aliphatic heterocycles. The van der Waals surface area contributed by atoms with E-state index in [9.17, 15) is 0 Å². The lowest BCUT2D eigenvalue weighted by molar-refractivity contribution is 0.156. The highest BCUT2D eigenvalue weighted by Crippen LogP contribution is 2.10. The monoisotopic (exact) mass is 206 g/mol. The van der Waals surface area contributed by atoms with Gasteiger partial charge in [0.2, 0.25) is 0 Å². The Morgan fingerprint density at radius 1 is 1.33 bits per heavy atom. The highest BCUT2D eigenvalue weighted by Gasteiger charge is 2.29. The minimum absolute atomic E-state index is 0.182. The summed E-state index contributed by atoms with van der Waals surface area (Å²) in [5, 5.41) is 0. The van der Waals surface area contributed by atoms with Crippen LogP contribution in [0.1, 0.15) is 12.0 Å². The van der Waals surface area contributed by atoms with Crippen LogP contribution in [0.25, 0.3) is 0 Å². The van der Waals surface area contributed by atoms with E-state index in [4.69, 9.17) is 14.0 Å². The summed E-state index contributed by atoms with van der Waals surface area (Å²) in [4.78, 5) is 0. The molecule has 0 fully saturated rings. The van der Waals surface area contributed by atoms with Gasteiger partial charge in [0.15, 0.2) is 0 Å². The molecule has 0 bridgehead atoms. The number of hydrogen-bond donors (Lipinski definition) is 0. The smallest absolute Gasteiger partial charge is 0.407 e. The molecule has 0 radical (unpaired) electrons. The number of ether oxygens (including phenoxy) is 1. The van der Waals surface area contributed by atoms with Gasteiger partial charge in [-0.05, 0) is 17.4 Å². The van der Waals surface area contributed by atoms with E-state index in [-0.39, 0.29) is 7.12 Å². The highest BCUT2D eigenvalue weighted by atomic mass is 16.6. The zero-order valence-corrected chi connectivity index (χ0v) is 8.94. The molecule has 1 aliphatic rings. The molecule has 15 heavy (non-hydrogen) atoms. The second-order valence-corrected chi connectivity index (χ2v) is 3.56. The minimum atomic E-state index is -0.182. The third-order valence-electron chi connectivity index (χ3n) is 2.46. The third-order valence-corrected chi connectivity index (χ3v) is 2.46. The van der Waals surface area contributed by atoms with Crippen LogP contribution in [0.2, 0.25) is 0 Å². The van der Waals surface area contributed by atoms with E-state index >= 15 is 0 Å². The maximum Gasteiger partial charge on any atom is 0.494 e. The van der Waals surface area contributed by atoms with Crippen molar-refractivity contribution in [1.29, 1.82) is 0 Å². The van der Waals surface area contributed by atoms with Gasteiger partial charge in [0, 0.05) is 20.3 Å². The Bertz CT molecular complexity index is 316. The van der Waals surface area contributed by atoms with Crippen LogP contribution in [0.15, 0.2) is 24.3 Å². The van der Waals surface area contributed by atoms with Crippen LogP contribution in [-0.2, 0) is 20.7 Å². The fourth-order valence-electron chi connectivity index (χ4n) is 1.68. The zero-order valence-electron chi connectivity index (χ0n) is 8.94. The quantitative estimate of drug-likeness (QED) is 0.530. The van der Waals surface area contributed by atoms with E-state index in [1.165, 1.54) is 5.56 Å². The maximum atomic E-state index is 5.63. The lowest BCUT2D eigenvalue weighted by Crippen LogP contribution is -2.32. The van der Waals surface area contributed by atoms with E-state index in [1.54, 1.807) is 7.11 Å². The number of benzene rings is 1. The summed E-state index contributed by atoms with van der Waals surface area (Å²) in [6.45, 7) is 2.06. The van der Waals surface area contributed by atoms with Crippen molar-refractivity contribution in [3.63, 3.8) is 0 Å². The highest BCUT2D eigenvalue weighted by molar-refractivity contribution is 6.62. The van der Waals surface area contributed by atoms with Gasteiger partial charge in [0.25, 0.3) is 0 Å². The van der Waals surface area contributed by atoms with Gasteiger partial charge in [-0.15, -0.1) is 0 Å². The van der Waals surface area contributed by atoms with Gasteiger partial charge in [-0.25, -0.2) is 0 Å². The Labute approximate surface area is 90.5 Å². The molecule has 1 aromatic rings. The summed E-state index contributed by atoms with van der Waals surface area (Å²) < 4.78 is 16.1. The van der Waals surface area contributed by atoms with Crippen molar-refractivity contribution in [2.24, 2.45) is 0 Å². The Balaban J connectivity index is 1.85. The van der Waals surface area contributed by atoms with E-state index < -0.39 is 0 Å². The lowest BCUT2D eigenvalue weighted by Gasteiger charge is -2.07. The molecule has 0 saturated carbocycles. The van der Waals surface area contributed by atoms with E-state index in [2.05, 4.69) is 12.1 Å². The second-order valence-electron chi connectivity index (χ2n) is 3.56. The van der Waals surface area contributed by atoms with Crippen LogP contribution >= 0.6 is 0 Å². The average molecular weight is 206 g/mol. The molecular weight excluding hydrogens is 191 g/mol. The van der Waals surface area contributed by atoms with Gasteiger partial charge >= 0.3 is 7.12 Å². The van der Waals surface area contributed by atoms with Crippen molar-refractivity contribution in [2.45, 2.75) is 13.0 Å². The first-order chi connectivity index (χ1) is 7.42. The normalized spacial score (nSPS) is 14.3. The van der Waals surface area contributed by atoms with Gasteiger partial charge in [-0.1, -0.05) is 24.3 Å². The molecule has 0 atom stereocenters. The van der Waals surface area contributed by atoms with Crippen molar-refractivity contribution in [3.8, 4) is 0 Å². The summed E-state index contributed by atoms with van der Waals surface area (Å²) in [7, 11) is 1.51. The minimum Gasteiger partial charge on any atom is -0.407 e. The topological polar surface area (TPSA) is 27.7 Å². The maximum absolute atomic E-state index is 5.63. The number of rotatable bonds is 5. The summed E-state index contributed by atoms with van der Waals surface area (Å²) in [5.41, 5.74) is 2.39. The number of hydrogen-bond acceptors (Lipinski definition) is 3. The molecule has 2 rings (SSSR count). The van der Waals surface area contributed by atoms with E-state index in [1.807, 2.05) is 12.1 Å². The first kappa shape index (κ1) is 10.7. The van der Waals surface area contributed by atoms with Gasteiger partial charge < -0.3 is 14.0 Å². The Morgan fingerprint density at radius 3 is 3.07 bits per heavy atom. The first-order valence-electron chi connectivity index (χ1n) is 5.22. The molecule has 4 heteroatoms. The van der Waals surface area contributed by atoms with Gasteiger partial charge in [-0.2, -0.15) is 0 Å². The molecular formula is C11H15BO3. The molecule has 80 valence electrons. The summed E-state index contributed by atoms with van der Waals surface area (Å²) in [5.74, 6) is 0. The number of methoxy groups -OCH3 is 1. The second kappa shape index (κ2) is 5.30. The van der Waals surface area contributed by atoms with Crippen molar-refractivity contribution in [1.82, 2.24) is 0 Å². The third kappa shape index (κ3) is 2.59. The largest absolute Gasteiger partial charge is 0.494 e. The Hall–Kier alpha value is -0.835. The molecule has 0 saturated heterocycles. The molecule has 1 heterocycles. The fraction of sp³-hybridized carbons (Fsp3) is 0.455. The van der Waals surface area contributed by atoms with Crippen molar-refractivity contribution in [3.05, 3.63) is 29.8 Å². The zero-order chi connectivity index (χ0) is 10.5. The first-order valence-corrected chi connectivity index (χ1v) is 5.22. The molecule has 0 N–H and O–H groups in total. The summed E-state index contributed by atoms with van der Waals surface area (Å²) >= 11 is 0. The van der Waals surface area contributed by atoms with Gasteiger partial charge in [-0.3, -0.25) is 0 Å². The molecule has 0 aliphatic carbocycles. The van der Waals surface area contributed by atoms with Crippen LogP contribution in [-0.4, -0.2) is 27.4 Å². The molecule has 0 aromatic heterocycles. The van der Waals surface area contributed by atoms with Crippen LogP contribution in [0.4, 0.5) is 0 Å². The molecule has 1 aromatic carbocycles. The van der Waals surface area contributed by atoms with Crippen molar-refractivity contribution < 1.29 is 14.0 Å².